The summed E-state index contributed by atoms with van der Waals surface area (Å²) < 4.78 is 11.0. The number of benzene rings is 1. The number of carbonyl (C=O) groups is 1. The molecule has 0 unspecified atom stereocenters. The van der Waals surface area contributed by atoms with Crippen molar-refractivity contribution in [3.8, 4) is 11.3 Å². The van der Waals surface area contributed by atoms with Crippen molar-refractivity contribution in [2.24, 2.45) is 0 Å². The van der Waals surface area contributed by atoms with Crippen molar-refractivity contribution in [2.75, 3.05) is 13.7 Å². The molecule has 3 heterocycles. The molecule has 0 radical (unpaired) electrons. The van der Waals surface area contributed by atoms with E-state index in [1.807, 2.05) is 42.5 Å². The SMILES string of the molecule is CCN1C(=S)N[C@H](c2ccccn2)[C@@H]1c1ccc(-c2cccc(C(=O)OC)c2)o1. The molecule has 29 heavy (non-hydrogen) atoms. The van der Waals surface area contributed by atoms with E-state index in [0.717, 1.165) is 23.6 Å². The molecule has 2 atom stereocenters. The van der Waals surface area contributed by atoms with Gasteiger partial charge in [-0.2, -0.15) is 0 Å². The van der Waals surface area contributed by atoms with E-state index >= 15 is 0 Å². The highest BCUT2D eigenvalue weighted by atomic mass is 32.1. The fourth-order valence-corrected chi connectivity index (χ4v) is 4.01. The second-order valence-corrected chi connectivity index (χ2v) is 7.07. The van der Waals surface area contributed by atoms with E-state index in [4.69, 9.17) is 21.4 Å². The molecule has 1 fully saturated rings. The smallest absolute Gasteiger partial charge is 0.337 e. The number of aromatic nitrogens is 1. The standard InChI is InChI=1S/C22H21N3O3S/c1-3-25-20(19(24-22(25)29)16-9-4-5-12-23-16)18-11-10-17(28-18)14-7-6-8-15(13-14)21(26)27-2/h4-13,19-20H,3H2,1-2H3,(H,24,29)/t19-,20+/m1/s1. The van der Waals surface area contributed by atoms with Gasteiger partial charge in [-0.05, 0) is 55.5 Å². The molecule has 6 nitrogen and oxygen atoms in total. The number of thiocarbonyl (C=S) groups is 1. The monoisotopic (exact) mass is 407 g/mol. The molecule has 148 valence electrons. The lowest BCUT2D eigenvalue weighted by molar-refractivity contribution is 0.0601. The summed E-state index contributed by atoms with van der Waals surface area (Å²) >= 11 is 5.55. The van der Waals surface area contributed by atoms with Gasteiger partial charge < -0.3 is 19.4 Å². The molecule has 0 spiro atoms. The molecule has 3 aromatic rings. The average Bonchev–Trinajstić information content (AvgIpc) is 3.38. The van der Waals surface area contributed by atoms with Crippen LogP contribution in [0.1, 0.15) is 40.8 Å². The van der Waals surface area contributed by atoms with Crippen molar-refractivity contribution in [3.05, 3.63) is 77.8 Å². The number of methoxy groups -OCH3 is 1. The Labute approximate surface area is 174 Å². The van der Waals surface area contributed by atoms with E-state index < -0.39 is 0 Å². The third-order valence-electron chi connectivity index (χ3n) is 5.02. The van der Waals surface area contributed by atoms with Gasteiger partial charge in [0.05, 0.1) is 24.4 Å². The molecular weight excluding hydrogens is 386 g/mol. The highest BCUT2D eigenvalue weighted by Crippen LogP contribution is 2.40. The lowest BCUT2D eigenvalue weighted by atomic mass is 10.0. The third-order valence-corrected chi connectivity index (χ3v) is 5.38. The summed E-state index contributed by atoms with van der Waals surface area (Å²) in [6, 6.07) is 16.7. The Hall–Kier alpha value is -3.19. The zero-order valence-corrected chi connectivity index (χ0v) is 17.0. The second kappa shape index (κ2) is 8.05. The lowest BCUT2D eigenvalue weighted by Gasteiger charge is -2.24. The fourth-order valence-electron chi connectivity index (χ4n) is 3.64. The Morgan fingerprint density at radius 1 is 1.24 bits per heavy atom. The predicted octanol–water partition coefficient (Wildman–Crippen LogP) is 4.12. The molecule has 1 aliphatic rings. The summed E-state index contributed by atoms with van der Waals surface area (Å²) in [4.78, 5) is 18.4. The summed E-state index contributed by atoms with van der Waals surface area (Å²) in [7, 11) is 1.37. The summed E-state index contributed by atoms with van der Waals surface area (Å²) in [6.45, 7) is 2.80. The summed E-state index contributed by atoms with van der Waals surface area (Å²) in [5, 5.41) is 4.05. The molecule has 1 aliphatic heterocycles. The van der Waals surface area contributed by atoms with Crippen LogP contribution in [0.15, 0.2) is 65.2 Å². The van der Waals surface area contributed by atoms with Crippen LogP contribution in [0.3, 0.4) is 0 Å². The number of nitrogens with zero attached hydrogens (tertiary/aromatic N) is 2. The maximum absolute atomic E-state index is 11.8. The van der Waals surface area contributed by atoms with Crippen molar-refractivity contribution >= 4 is 23.3 Å². The minimum Gasteiger partial charge on any atom is -0.465 e. The number of carbonyl (C=O) groups excluding carboxylic acids is 1. The Bertz CT molecular complexity index is 1030. The number of rotatable bonds is 5. The maximum Gasteiger partial charge on any atom is 0.337 e. The van der Waals surface area contributed by atoms with Gasteiger partial charge in [0.2, 0.25) is 0 Å². The highest BCUT2D eigenvalue weighted by molar-refractivity contribution is 7.80. The van der Waals surface area contributed by atoms with Crippen LogP contribution in [0.4, 0.5) is 0 Å². The first-order valence-corrected chi connectivity index (χ1v) is 9.79. The van der Waals surface area contributed by atoms with Crippen molar-refractivity contribution in [2.45, 2.75) is 19.0 Å². The number of esters is 1. The zero-order chi connectivity index (χ0) is 20.4. The van der Waals surface area contributed by atoms with Crippen LogP contribution in [0.2, 0.25) is 0 Å². The maximum atomic E-state index is 11.8. The summed E-state index contributed by atoms with van der Waals surface area (Å²) in [5.74, 6) is 1.09. The first kappa shape index (κ1) is 19.1. The molecule has 0 bridgehead atoms. The van der Waals surface area contributed by atoms with Crippen LogP contribution in [0.25, 0.3) is 11.3 Å². The first-order valence-electron chi connectivity index (χ1n) is 9.39. The molecule has 1 aromatic carbocycles. The topological polar surface area (TPSA) is 67.6 Å². The molecule has 0 aliphatic carbocycles. The number of likely N-dealkylation sites (N-methyl/N-ethyl adjacent to an activating group) is 1. The van der Waals surface area contributed by atoms with E-state index in [-0.39, 0.29) is 18.1 Å². The Kier molecular flexibility index (Phi) is 5.31. The van der Waals surface area contributed by atoms with Crippen LogP contribution in [-0.4, -0.2) is 34.6 Å². The van der Waals surface area contributed by atoms with Gasteiger partial charge >= 0.3 is 5.97 Å². The van der Waals surface area contributed by atoms with Gasteiger partial charge in [0.1, 0.15) is 17.6 Å². The van der Waals surface area contributed by atoms with Gasteiger partial charge in [-0.15, -0.1) is 0 Å². The van der Waals surface area contributed by atoms with E-state index in [9.17, 15) is 4.79 Å². The molecule has 1 N–H and O–H groups in total. The van der Waals surface area contributed by atoms with Crippen molar-refractivity contribution in [1.29, 1.82) is 0 Å². The van der Waals surface area contributed by atoms with Crippen LogP contribution in [-0.2, 0) is 4.74 Å². The van der Waals surface area contributed by atoms with E-state index in [1.54, 1.807) is 18.3 Å². The third kappa shape index (κ3) is 3.61. The molecule has 0 amide bonds. The van der Waals surface area contributed by atoms with Gasteiger partial charge in [-0.3, -0.25) is 4.98 Å². The number of pyridine rings is 1. The van der Waals surface area contributed by atoms with E-state index in [0.29, 0.717) is 16.4 Å². The number of nitrogens with one attached hydrogen (secondary N) is 1. The van der Waals surface area contributed by atoms with Gasteiger partial charge in [-0.1, -0.05) is 18.2 Å². The van der Waals surface area contributed by atoms with Crippen molar-refractivity contribution < 1.29 is 13.9 Å². The fraction of sp³-hybridized carbons (Fsp3) is 0.227. The Morgan fingerprint density at radius 2 is 2.10 bits per heavy atom. The van der Waals surface area contributed by atoms with Crippen LogP contribution >= 0.6 is 12.2 Å². The summed E-state index contributed by atoms with van der Waals surface area (Å²) in [5.41, 5.74) is 2.19. The van der Waals surface area contributed by atoms with Gasteiger partial charge in [0.15, 0.2) is 5.11 Å². The minimum atomic E-state index is -0.378. The molecule has 0 saturated carbocycles. The lowest BCUT2D eigenvalue weighted by Crippen LogP contribution is -2.29. The average molecular weight is 407 g/mol. The van der Waals surface area contributed by atoms with E-state index in [2.05, 4.69) is 22.1 Å². The quantitative estimate of drug-likeness (QED) is 0.504. The zero-order valence-electron chi connectivity index (χ0n) is 16.2. The number of hydrogen-bond acceptors (Lipinski definition) is 5. The molecule has 1 saturated heterocycles. The van der Waals surface area contributed by atoms with Gasteiger partial charge in [0.25, 0.3) is 0 Å². The molecule has 4 rings (SSSR count). The van der Waals surface area contributed by atoms with Crippen LogP contribution in [0, 0.1) is 0 Å². The largest absolute Gasteiger partial charge is 0.465 e. The minimum absolute atomic E-state index is 0.107. The van der Waals surface area contributed by atoms with Gasteiger partial charge in [0, 0.05) is 18.3 Å². The van der Waals surface area contributed by atoms with Crippen molar-refractivity contribution in [1.82, 2.24) is 15.2 Å². The van der Waals surface area contributed by atoms with E-state index in [1.165, 1.54) is 7.11 Å². The Morgan fingerprint density at radius 3 is 2.83 bits per heavy atom. The second-order valence-electron chi connectivity index (χ2n) is 6.69. The predicted molar refractivity (Wildman–Crippen MR) is 113 cm³/mol. The molecule has 2 aromatic heterocycles. The van der Waals surface area contributed by atoms with Gasteiger partial charge in [-0.25, -0.2) is 4.79 Å². The highest BCUT2D eigenvalue weighted by Gasteiger charge is 2.40. The number of furan rings is 1. The Balaban J connectivity index is 1.70. The summed E-state index contributed by atoms with van der Waals surface area (Å²) in [6.07, 6.45) is 1.78. The molecular formula is C22H21N3O3S. The van der Waals surface area contributed by atoms with Crippen molar-refractivity contribution in [3.63, 3.8) is 0 Å². The normalized spacial score (nSPS) is 18.6. The number of hydrogen-bond donors (Lipinski definition) is 1. The first-order chi connectivity index (χ1) is 14.1. The number of ether oxygens (including phenoxy) is 1. The molecule has 7 heteroatoms. The van der Waals surface area contributed by atoms with Crippen LogP contribution < -0.4 is 5.32 Å². The van der Waals surface area contributed by atoms with Crippen LogP contribution in [0.5, 0.6) is 0 Å².